The Hall–Kier alpha value is -3.19. The van der Waals surface area contributed by atoms with Crippen LogP contribution < -0.4 is 5.73 Å². The van der Waals surface area contributed by atoms with Crippen LogP contribution in [0.1, 0.15) is 68.5 Å². The van der Waals surface area contributed by atoms with Gasteiger partial charge in [-0.25, -0.2) is 4.98 Å². The normalized spacial score (nSPS) is 17.8. The standard InChI is InChI=1S/C34H38N2O2S2.C2H6/c1-5-9-27(12-8-11-26-18-29(37)19-26)23(3)33(30-13-7-6-10-22(30)2)39-24(4)31-21-36-34(40-31)28-16-14-25(15-17-28)20-32(35)38;1-2/h5-11,13-17,21,26-27,29,37H,4,12,18-20H2,1-3H3,(H2,35,38);1-2H3/b9-5-,11-8+,33-23+;. The van der Waals surface area contributed by atoms with Crippen LogP contribution in [0.4, 0.5) is 0 Å². The van der Waals surface area contributed by atoms with Crippen LogP contribution in [-0.4, -0.2) is 22.1 Å². The Morgan fingerprint density at radius 1 is 1.19 bits per heavy atom. The number of carbonyl (C=O) groups is 1. The predicted molar refractivity (Wildman–Crippen MR) is 183 cm³/mol. The summed E-state index contributed by atoms with van der Waals surface area (Å²) in [6.45, 7) is 14.9. The molecule has 1 heterocycles. The van der Waals surface area contributed by atoms with Crippen molar-refractivity contribution < 1.29 is 9.90 Å². The van der Waals surface area contributed by atoms with Gasteiger partial charge in [0.25, 0.3) is 0 Å². The van der Waals surface area contributed by atoms with Crippen LogP contribution in [0.5, 0.6) is 0 Å². The van der Waals surface area contributed by atoms with Crippen LogP contribution in [0.3, 0.4) is 0 Å². The molecule has 4 nitrogen and oxygen atoms in total. The summed E-state index contributed by atoms with van der Waals surface area (Å²) in [6.07, 6.45) is 13.6. The van der Waals surface area contributed by atoms with E-state index in [2.05, 4.69) is 80.9 Å². The Labute approximate surface area is 260 Å². The maximum atomic E-state index is 11.2. The van der Waals surface area contributed by atoms with Crippen molar-refractivity contribution in [3.8, 4) is 10.6 Å². The number of aliphatic hydroxyl groups excluding tert-OH is 1. The van der Waals surface area contributed by atoms with Gasteiger partial charge in [-0.3, -0.25) is 4.79 Å². The number of nitrogens with two attached hydrogens (primary N) is 1. The monoisotopic (exact) mass is 600 g/mol. The highest BCUT2D eigenvalue weighted by Crippen LogP contribution is 2.45. The lowest BCUT2D eigenvalue weighted by Gasteiger charge is -2.28. The smallest absolute Gasteiger partial charge is 0.221 e. The van der Waals surface area contributed by atoms with Crippen molar-refractivity contribution >= 4 is 38.8 Å². The van der Waals surface area contributed by atoms with Crippen LogP contribution in [0.25, 0.3) is 20.4 Å². The van der Waals surface area contributed by atoms with Gasteiger partial charge < -0.3 is 10.8 Å². The second kappa shape index (κ2) is 16.4. The van der Waals surface area contributed by atoms with E-state index < -0.39 is 0 Å². The van der Waals surface area contributed by atoms with Gasteiger partial charge in [0.05, 0.1) is 17.4 Å². The van der Waals surface area contributed by atoms with Crippen LogP contribution in [0.15, 0.2) is 91.2 Å². The predicted octanol–water partition coefficient (Wildman–Crippen LogP) is 9.22. The molecule has 222 valence electrons. The molecule has 1 aliphatic rings. The fourth-order valence-electron chi connectivity index (χ4n) is 4.86. The topological polar surface area (TPSA) is 76.2 Å². The molecule has 1 amide bonds. The van der Waals surface area contributed by atoms with Gasteiger partial charge in [-0.1, -0.05) is 111 Å². The molecule has 6 heteroatoms. The molecule has 0 aliphatic heterocycles. The zero-order chi connectivity index (χ0) is 30.6. The number of aromatic nitrogens is 1. The Bertz CT molecular complexity index is 1430. The van der Waals surface area contributed by atoms with E-state index in [4.69, 9.17) is 5.73 Å². The summed E-state index contributed by atoms with van der Waals surface area (Å²) in [5, 5.41) is 10.5. The Kier molecular flexibility index (Phi) is 13.0. The van der Waals surface area contributed by atoms with Gasteiger partial charge in [0, 0.05) is 27.5 Å². The summed E-state index contributed by atoms with van der Waals surface area (Å²) >= 11 is 3.33. The SMILES string of the molecule is C=C(S/C(=C(\C)C(/C=C\C)C/C=C/C1CC(O)C1)c1ccccc1C)c1cnc(-c2ccc(CC(N)=O)cc2)s1.CC. The number of thioether (sulfide) groups is 1. The highest BCUT2D eigenvalue weighted by Gasteiger charge is 2.24. The molecule has 1 atom stereocenters. The second-order valence-corrected chi connectivity index (χ2v) is 12.5. The number of hydrogen-bond donors (Lipinski definition) is 2. The highest BCUT2D eigenvalue weighted by molar-refractivity contribution is 8.16. The third-order valence-electron chi connectivity index (χ3n) is 7.26. The second-order valence-electron chi connectivity index (χ2n) is 10.4. The van der Waals surface area contributed by atoms with Crippen molar-refractivity contribution in [3.05, 3.63) is 113 Å². The van der Waals surface area contributed by atoms with Gasteiger partial charge in [-0.2, -0.15) is 0 Å². The molecule has 1 unspecified atom stereocenters. The van der Waals surface area contributed by atoms with Crippen molar-refractivity contribution in [2.24, 2.45) is 17.6 Å². The molecule has 3 aromatic rings. The zero-order valence-corrected chi connectivity index (χ0v) is 27.1. The first-order chi connectivity index (χ1) is 20.2. The number of carbonyl (C=O) groups excluding carboxylic acids is 1. The van der Waals surface area contributed by atoms with E-state index in [1.54, 1.807) is 23.1 Å². The van der Waals surface area contributed by atoms with Crippen molar-refractivity contribution in [3.63, 3.8) is 0 Å². The number of allylic oxidation sites excluding steroid dienone is 5. The van der Waals surface area contributed by atoms with Crippen LogP contribution in [-0.2, 0) is 11.2 Å². The van der Waals surface area contributed by atoms with Crippen molar-refractivity contribution in [1.29, 1.82) is 0 Å². The van der Waals surface area contributed by atoms with E-state index in [0.717, 1.165) is 45.2 Å². The molecule has 1 aromatic heterocycles. The highest BCUT2D eigenvalue weighted by atomic mass is 32.2. The van der Waals surface area contributed by atoms with Crippen molar-refractivity contribution in [2.75, 3.05) is 0 Å². The van der Waals surface area contributed by atoms with E-state index in [-0.39, 0.29) is 24.3 Å². The number of aliphatic hydroxyl groups is 1. The van der Waals surface area contributed by atoms with Crippen LogP contribution in [0.2, 0.25) is 0 Å². The average Bonchev–Trinajstić information content (AvgIpc) is 3.46. The number of thiazole rings is 1. The minimum absolute atomic E-state index is 0.133. The molecule has 0 radical (unpaired) electrons. The zero-order valence-electron chi connectivity index (χ0n) is 25.5. The molecular weight excluding hydrogens is 557 g/mol. The molecule has 2 aromatic carbocycles. The van der Waals surface area contributed by atoms with Crippen LogP contribution >= 0.6 is 23.1 Å². The van der Waals surface area contributed by atoms with E-state index in [1.165, 1.54) is 21.6 Å². The van der Waals surface area contributed by atoms with Gasteiger partial charge in [0.1, 0.15) is 5.01 Å². The quantitative estimate of drug-likeness (QED) is 0.203. The van der Waals surface area contributed by atoms with Gasteiger partial charge in [0.2, 0.25) is 5.91 Å². The van der Waals surface area contributed by atoms with E-state index >= 15 is 0 Å². The number of rotatable bonds is 12. The lowest BCUT2D eigenvalue weighted by atomic mass is 9.82. The number of primary amides is 1. The number of amides is 1. The fourth-order valence-corrected chi connectivity index (χ4v) is 6.94. The molecular formula is C36H44N2O2S2. The minimum Gasteiger partial charge on any atom is -0.393 e. The molecule has 0 bridgehead atoms. The Morgan fingerprint density at radius 3 is 2.50 bits per heavy atom. The third-order valence-corrected chi connectivity index (χ3v) is 9.71. The van der Waals surface area contributed by atoms with Gasteiger partial charge in [-0.05, 0) is 62.6 Å². The molecule has 0 saturated heterocycles. The van der Waals surface area contributed by atoms with Crippen molar-refractivity contribution in [2.45, 2.75) is 66.4 Å². The van der Waals surface area contributed by atoms with Gasteiger partial charge in [0.15, 0.2) is 0 Å². The number of aryl methyl sites for hydroxylation is 1. The molecule has 1 fully saturated rings. The number of hydrogen-bond acceptors (Lipinski definition) is 5. The molecule has 42 heavy (non-hydrogen) atoms. The van der Waals surface area contributed by atoms with E-state index in [9.17, 15) is 9.90 Å². The largest absolute Gasteiger partial charge is 0.393 e. The first-order valence-electron chi connectivity index (χ1n) is 14.7. The third kappa shape index (κ3) is 9.15. The van der Waals surface area contributed by atoms with Crippen LogP contribution in [0, 0.1) is 18.8 Å². The molecule has 1 aliphatic carbocycles. The van der Waals surface area contributed by atoms with E-state index in [1.807, 2.05) is 44.3 Å². The Balaban J connectivity index is 0.00000237. The van der Waals surface area contributed by atoms with Crippen molar-refractivity contribution in [1.82, 2.24) is 4.98 Å². The molecule has 4 rings (SSSR count). The lowest BCUT2D eigenvalue weighted by Crippen LogP contribution is -2.26. The van der Waals surface area contributed by atoms with Gasteiger partial charge >= 0.3 is 0 Å². The van der Waals surface area contributed by atoms with Gasteiger partial charge in [-0.15, -0.1) is 11.3 Å². The maximum absolute atomic E-state index is 11.2. The molecule has 3 N–H and O–H groups in total. The summed E-state index contributed by atoms with van der Waals surface area (Å²) in [7, 11) is 0. The average molecular weight is 601 g/mol. The summed E-state index contributed by atoms with van der Waals surface area (Å²) in [4.78, 5) is 19.1. The lowest BCUT2D eigenvalue weighted by molar-refractivity contribution is -0.117. The van der Waals surface area contributed by atoms with E-state index in [0.29, 0.717) is 5.92 Å². The molecule has 1 saturated carbocycles. The fraction of sp³-hybridized carbons (Fsp3) is 0.333. The summed E-state index contributed by atoms with van der Waals surface area (Å²) in [5.41, 5.74) is 11.0. The Morgan fingerprint density at radius 2 is 1.88 bits per heavy atom. The number of nitrogens with zero attached hydrogens (tertiary/aromatic N) is 1. The summed E-state index contributed by atoms with van der Waals surface area (Å²) in [6, 6.07) is 16.3. The minimum atomic E-state index is -0.337. The first-order valence-corrected chi connectivity index (χ1v) is 16.3. The summed E-state index contributed by atoms with van der Waals surface area (Å²) in [5.74, 6) is 0.420. The first kappa shape index (κ1) is 33.3. The number of benzene rings is 2. The summed E-state index contributed by atoms with van der Waals surface area (Å²) < 4.78 is 0. The maximum Gasteiger partial charge on any atom is 0.221 e. The molecule has 0 spiro atoms.